The third kappa shape index (κ3) is 2.84. The van der Waals surface area contributed by atoms with Gasteiger partial charge in [0, 0.05) is 0 Å². The molecule has 2 saturated heterocycles. The van der Waals surface area contributed by atoms with Crippen molar-refractivity contribution in [2.45, 2.75) is 63.6 Å². The van der Waals surface area contributed by atoms with Gasteiger partial charge in [-0.05, 0) is 27.7 Å². The van der Waals surface area contributed by atoms with Crippen LogP contribution in [-0.4, -0.2) is 54.2 Å². The molecule has 4 atom stereocenters. The smallest absolute Gasteiger partial charge is 0.164 e. The van der Waals surface area contributed by atoms with Crippen molar-refractivity contribution in [3.8, 4) is 0 Å². The lowest BCUT2D eigenvalue weighted by atomic mass is 10.0. The molecular formula is C12H23NO5. The van der Waals surface area contributed by atoms with Crippen LogP contribution in [0.15, 0.2) is 0 Å². The van der Waals surface area contributed by atoms with Gasteiger partial charge in [-0.2, -0.15) is 0 Å². The topological polar surface area (TPSA) is 83.2 Å². The van der Waals surface area contributed by atoms with Gasteiger partial charge in [0.15, 0.2) is 11.6 Å². The van der Waals surface area contributed by atoms with E-state index < -0.39 is 17.7 Å². The predicted octanol–water partition coefficient (Wildman–Crippen LogP) is -0.0224. The van der Waals surface area contributed by atoms with E-state index in [2.05, 4.69) is 0 Å². The fraction of sp³-hybridized carbons (Fsp3) is 1.00. The van der Waals surface area contributed by atoms with Crippen LogP contribution in [0.2, 0.25) is 0 Å². The van der Waals surface area contributed by atoms with Crippen molar-refractivity contribution in [1.82, 2.24) is 0 Å². The van der Waals surface area contributed by atoms with Gasteiger partial charge in [-0.1, -0.05) is 0 Å². The van der Waals surface area contributed by atoms with Crippen molar-refractivity contribution in [1.29, 1.82) is 0 Å². The molecule has 6 nitrogen and oxygen atoms in total. The fourth-order valence-corrected chi connectivity index (χ4v) is 2.43. The first kappa shape index (κ1) is 14.2. The quantitative estimate of drug-likeness (QED) is 0.727. The van der Waals surface area contributed by atoms with Gasteiger partial charge in [-0.3, -0.25) is 0 Å². The first-order valence-corrected chi connectivity index (χ1v) is 6.28. The minimum absolute atomic E-state index is 0.123. The van der Waals surface area contributed by atoms with Gasteiger partial charge in [0.25, 0.3) is 0 Å². The zero-order valence-electron chi connectivity index (χ0n) is 11.4. The second-order valence-electron chi connectivity index (χ2n) is 5.78. The minimum atomic E-state index is -0.733. The summed E-state index contributed by atoms with van der Waals surface area (Å²) in [5.41, 5.74) is 6.02. The van der Waals surface area contributed by atoms with E-state index in [0.29, 0.717) is 6.61 Å². The summed E-state index contributed by atoms with van der Waals surface area (Å²) in [6, 6.07) is -0.297. The molecule has 0 aromatic rings. The Bertz CT molecular complexity index is 305. The molecule has 0 spiro atoms. The molecule has 0 aliphatic carbocycles. The summed E-state index contributed by atoms with van der Waals surface area (Å²) in [4.78, 5) is 0. The van der Waals surface area contributed by atoms with Crippen molar-refractivity contribution >= 4 is 0 Å². The van der Waals surface area contributed by atoms with Crippen LogP contribution >= 0.6 is 0 Å². The molecule has 0 aromatic heterocycles. The SMILES string of the molecule is CC1(C)OCC(N)C([C@@H]2OC(C)(C)OC2CO)O1. The fourth-order valence-electron chi connectivity index (χ4n) is 2.43. The van der Waals surface area contributed by atoms with Crippen LogP contribution in [0.4, 0.5) is 0 Å². The molecule has 106 valence electrons. The molecule has 3 N–H and O–H groups in total. The van der Waals surface area contributed by atoms with Crippen LogP contribution in [0.1, 0.15) is 27.7 Å². The Hall–Kier alpha value is -0.240. The number of hydrogen-bond donors (Lipinski definition) is 2. The number of hydrogen-bond acceptors (Lipinski definition) is 6. The molecule has 3 unspecified atom stereocenters. The summed E-state index contributed by atoms with van der Waals surface area (Å²) >= 11 is 0. The van der Waals surface area contributed by atoms with Crippen LogP contribution in [0.5, 0.6) is 0 Å². The number of ether oxygens (including phenoxy) is 4. The van der Waals surface area contributed by atoms with Crippen molar-refractivity contribution < 1.29 is 24.1 Å². The van der Waals surface area contributed by atoms with E-state index in [4.69, 9.17) is 24.7 Å². The summed E-state index contributed by atoms with van der Waals surface area (Å²) in [7, 11) is 0. The molecule has 0 aromatic carbocycles. The molecule has 2 rings (SSSR count). The van der Waals surface area contributed by atoms with Crippen LogP contribution in [-0.2, 0) is 18.9 Å². The summed E-state index contributed by atoms with van der Waals surface area (Å²) in [5, 5.41) is 9.38. The highest BCUT2D eigenvalue weighted by Crippen LogP contribution is 2.34. The maximum atomic E-state index is 9.38. The average molecular weight is 261 g/mol. The molecule has 2 aliphatic heterocycles. The van der Waals surface area contributed by atoms with Crippen molar-refractivity contribution in [3.05, 3.63) is 0 Å². The van der Waals surface area contributed by atoms with Gasteiger partial charge >= 0.3 is 0 Å². The summed E-state index contributed by atoms with van der Waals surface area (Å²) in [6.07, 6.45) is -1.17. The summed E-state index contributed by atoms with van der Waals surface area (Å²) in [6.45, 7) is 7.57. The lowest BCUT2D eigenvalue weighted by molar-refractivity contribution is -0.299. The second kappa shape index (κ2) is 4.70. The summed E-state index contributed by atoms with van der Waals surface area (Å²) in [5.74, 6) is -1.43. The Labute approximate surface area is 107 Å². The highest BCUT2D eigenvalue weighted by atomic mass is 16.8. The first-order valence-electron chi connectivity index (χ1n) is 6.28. The normalized spacial score (nSPS) is 43.0. The van der Waals surface area contributed by atoms with Crippen LogP contribution in [0, 0.1) is 0 Å². The van der Waals surface area contributed by atoms with Gasteiger partial charge in [-0.25, -0.2) is 0 Å². The van der Waals surface area contributed by atoms with E-state index in [0.717, 1.165) is 0 Å². The van der Waals surface area contributed by atoms with Crippen LogP contribution in [0.3, 0.4) is 0 Å². The maximum Gasteiger partial charge on any atom is 0.164 e. The number of nitrogens with two attached hydrogens (primary N) is 1. The lowest BCUT2D eigenvalue weighted by Crippen LogP contribution is -2.59. The maximum absolute atomic E-state index is 9.38. The molecule has 0 saturated carbocycles. The lowest BCUT2D eigenvalue weighted by Gasteiger charge is -2.42. The summed E-state index contributed by atoms with van der Waals surface area (Å²) < 4.78 is 22.8. The van der Waals surface area contributed by atoms with Gasteiger partial charge in [0.05, 0.1) is 19.3 Å². The van der Waals surface area contributed by atoms with Crippen LogP contribution < -0.4 is 5.73 Å². The monoisotopic (exact) mass is 261 g/mol. The molecule has 2 heterocycles. The standard InChI is InChI=1S/C12H23NO5/c1-11(2)15-6-7(13)9(17-11)10-8(5-14)16-12(3,4)18-10/h7-10,14H,5-6,13H2,1-4H3/t7?,8?,9?,10-/m1/s1. The molecule has 18 heavy (non-hydrogen) atoms. The van der Waals surface area contributed by atoms with E-state index >= 15 is 0 Å². The predicted molar refractivity (Wildman–Crippen MR) is 63.8 cm³/mol. The third-order valence-electron chi connectivity index (χ3n) is 3.19. The van der Waals surface area contributed by atoms with Crippen molar-refractivity contribution in [2.75, 3.05) is 13.2 Å². The van der Waals surface area contributed by atoms with Gasteiger partial charge < -0.3 is 29.8 Å². The number of aliphatic hydroxyl groups is 1. The van der Waals surface area contributed by atoms with E-state index in [-0.39, 0.29) is 24.9 Å². The largest absolute Gasteiger partial charge is 0.394 e. The van der Waals surface area contributed by atoms with Crippen molar-refractivity contribution in [3.63, 3.8) is 0 Å². The average Bonchev–Trinajstić information content (AvgIpc) is 2.57. The minimum Gasteiger partial charge on any atom is -0.394 e. The molecule has 0 bridgehead atoms. The highest BCUT2D eigenvalue weighted by molar-refractivity contribution is 4.94. The van der Waals surface area contributed by atoms with Crippen LogP contribution in [0.25, 0.3) is 0 Å². The molecule has 2 fully saturated rings. The van der Waals surface area contributed by atoms with E-state index in [1.165, 1.54) is 0 Å². The Balaban J connectivity index is 2.13. The zero-order valence-corrected chi connectivity index (χ0v) is 11.4. The molecular weight excluding hydrogens is 238 g/mol. The Kier molecular flexibility index (Phi) is 3.70. The van der Waals surface area contributed by atoms with Gasteiger partial charge in [-0.15, -0.1) is 0 Å². The van der Waals surface area contributed by atoms with E-state index in [1.54, 1.807) is 0 Å². The Morgan fingerprint density at radius 3 is 2.28 bits per heavy atom. The zero-order chi connectivity index (χ0) is 13.6. The second-order valence-corrected chi connectivity index (χ2v) is 5.78. The molecule has 6 heteroatoms. The van der Waals surface area contributed by atoms with Gasteiger partial charge in [0.1, 0.15) is 18.3 Å². The molecule has 2 aliphatic rings. The number of rotatable bonds is 2. The first-order chi connectivity index (χ1) is 8.24. The van der Waals surface area contributed by atoms with E-state index in [9.17, 15) is 5.11 Å². The highest BCUT2D eigenvalue weighted by Gasteiger charge is 2.50. The molecule has 0 radical (unpaired) electrons. The number of aliphatic hydroxyl groups excluding tert-OH is 1. The van der Waals surface area contributed by atoms with Crippen molar-refractivity contribution in [2.24, 2.45) is 5.73 Å². The van der Waals surface area contributed by atoms with Gasteiger partial charge in [0.2, 0.25) is 0 Å². The Morgan fingerprint density at radius 2 is 1.67 bits per heavy atom. The third-order valence-corrected chi connectivity index (χ3v) is 3.19. The Morgan fingerprint density at radius 1 is 1.06 bits per heavy atom. The molecule has 0 amide bonds. The van der Waals surface area contributed by atoms with E-state index in [1.807, 2.05) is 27.7 Å².